The minimum atomic E-state index is -4.56. The number of nitrogens with one attached hydrogen (secondary N) is 1. The van der Waals surface area contributed by atoms with Crippen LogP contribution in [0.25, 0.3) is 6.08 Å². The van der Waals surface area contributed by atoms with Gasteiger partial charge in [0, 0.05) is 29.7 Å². The lowest BCUT2D eigenvalue weighted by Crippen LogP contribution is -2.76. The third-order valence-corrected chi connectivity index (χ3v) is 7.68. The van der Waals surface area contributed by atoms with Crippen LogP contribution in [0.3, 0.4) is 0 Å². The summed E-state index contributed by atoms with van der Waals surface area (Å²) >= 11 is 6.66. The van der Waals surface area contributed by atoms with Crippen LogP contribution < -0.4 is 5.32 Å². The largest absolute Gasteiger partial charge is 0.478 e. The number of likely N-dealkylation sites (tertiary alicyclic amines) is 1. The summed E-state index contributed by atoms with van der Waals surface area (Å²) in [7, 11) is 0. The van der Waals surface area contributed by atoms with Gasteiger partial charge in [0.2, 0.25) is 5.90 Å². The number of hydrogen-bond donors (Lipinski definition) is 2. The van der Waals surface area contributed by atoms with Crippen molar-refractivity contribution in [2.75, 3.05) is 32.8 Å². The second kappa shape index (κ2) is 12.5. The molecule has 2 heterocycles. The number of imide groups is 1. The Balaban J connectivity index is 1.54. The zero-order chi connectivity index (χ0) is 28.2. The summed E-state index contributed by atoms with van der Waals surface area (Å²) < 4.78 is 46.0. The van der Waals surface area contributed by atoms with Crippen molar-refractivity contribution in [2.24, 2.45) is 0 Å². The van der Waals surface area contributed by atoms with E-state index in [-0.39, 0.29) is 45.7 Å². The maximum Gasteiger partial charge on any atom is 0.416 e. The van der Waals surface area contributed by atoms with Crippen LogP contribution in [0.15, 0.2) is 41.3 Å². The first-order valence-corrected chi connectivity index (χ1v) is 13.8. The number of nitrogens with two attached hydrogens (primary N) is 1. The summed E-state index contributed by atoms with van der Waals surface area (Å²) in [5.41, 5.74) is 0.671. The molecule has 208 valence electrons. The highest BCUT2D eigenvalue weighted by atomic mass is 35.5. The predicted octanol–water partition coefficient (Wildman–Crippen LogP) is 5.25. The van der Waals surface area contributed by atoms with Gasteiger partial charge in [-0.05, 0) is 80.5 Å². The van der Waals surface area contributed by atoms with Crippen LogP contribution in [0.4, 0.5) is 23.7 Å². The molecular formula is C27H29ClF3N4O3S+. The van der Waals surface area contributed by atoms with Crippen LogP contribution >= 0.6 is 23.4 Å². The monoisotopic (exact) mass is 581 g/mol. The standard InChI is InChI=1S/C27H28ClF3N4O3S/c1-2-38-24(32)20-13-17(14-23-25(36)35(26(37)39-23)12-11-34-9-3-4-10-34)5-8-22(20)33-16-18-6-7-19(28)15-21(18)27(29,30)31/h5-8,13-15,32-33H,2-4,9-12,16H2,1H3/p+1/b23-14-,32-24?. The van der Waals surface area contributed by atoms with Crippen LogP contribution in [-0.4, -0.2) is 59.6 Å². The average Bonchev–Trinajstić information content (AvgIpc) is 3.49. The van der Waals surface area contributed by atoms with Crippen molar-refractivity contribution in [3.8, 4) is 0 Å². The molecule has 0 aromatic heterocycles. The molecule has 2 fully saturated rings. The van der Waals surface area contributed by atoms with Gasteiger partial charge >= 0.3 is 6.18 Å². The summed E-state index contributed by atoms with van der Waals surface area (Å²) in [5, 5.41) is 9.62. The van der Waals surface area contributed by atoms with Gasteiger partial charge in [-0.15, -0.1) is 0 Å². The molecule has 2 aliphatic heterocycles. The zero-order valence-electron chi connectivity index (χ0n) is 21.3. The molecule has 2 aromatic carbocycles. The van der Waals surface area contributed by atoms with Crippen LogP contribution in [-0.2, 0) is 22.3 Å². The zero-order valence-corrected chi connectivity index (χ0v) is 22.9. The molecule has 39 heavy (non-hydrogen) atoms. The molecule has 0 bridgehead atoms. The lowest BCUT2D eigenvalue weighted by molar-refractivity contribution is -0.589. The van der Waals surface area contributed by atoms with Gasteiger partial charge in [0.05, 0.1) is 22.6 Å². The second-order valence-electron chi connectivity index (χ2n) is 9.20. The SMILES string of the molecule is CCOC(=N)c1cc(/C=C2\SC(=O)N(CCN3CCCC3)C2=O)ccc1[NH2+]Cc1ccc(Cl)cc1C(F)(F)F. The van der Waals surface area contributed by atoms with Crippen molar-refractivity contribution in [1.29, 1.82) is 5.41 Å². The van der Waals surface area contributed by atoms with Gasteiger partial charge in [-0.2, -0.15) is 13.2 Å². The first-order chi connectivity index (χ1) is 18.6. The number of hydrogen-bond acceptors (Lipinski definition) is 6. The Morgan fingerprint density at radius 3 is 2.59 bits per heavy atom. The topological polar surface area (TPSA) is 90.3 Å². The van der Waals surface area contributed by atoms with Gasteiger partial charge in [-0.3, -0.25) is 19.9 Å². The molecule has 2 saturated heterocycles. The maximum absolute atomic E-state index is 13.5. The molecule has 2 aromatic rings. The van der Waals surface area contributed by atoms with Crippen molar-refractivity contribution in [2.45, 2.75) is 32.5 Å². The molecule has 3 N–H and O–H groups in total. The van der Waals surface area contributed by atoms with Gasteiger partial charge in [0.25, 0.3) is 11.1 Å². The highest BCUT2D eigenvalue weighted by Crippen LogP contribution is 2.34. The third kappa shape index (κ3) is 7.21. The second-order valence-corrected chi connectivity index (χ2v) is 10.6. The summed E-state index contributed by atoms with van der Waals surface area (Å²) in [6.45, 7) is 4.83. The molecule has 0 radical (unpaired) electrons. The molecule has 0 spiro atoms. The van der Waals surface area contributed by atoms with E-state index in [9.17, 15) is 22.8 Å². The van der Waals surface area contributed by atoms with Crippen LogP contribution in [0.1, 0.15) is 42.0 Å². The molecule has 4 rings (SSSR count). The summed E-state index contributed by atoms with van der Waals surface area (Å²) in [5.74, 6) is -0.506. The fourth-order valence-corrected chi connectivity index (χ4v) is 5.60. The van der Waals surface area contributed by atoms with Crippen LogP contribution in [0.5, 0.6) is 0 Å². The van der Waals surface area contributed by atoms with Gasteiger partial charge in [-0.1, -0.05) is 17.7 Å². The van der Waals surface area contributed by atoms with E-state index < -0.39 is 11.7 Å². The number of benzene rings is 2. The minimum Gasteiger partial charge on any atom is -0.478 e. The maximum atomic E-state index is 13.5. The van der Waals surface area contributed by atoms with E-state index in [0.29, 0.717) is 29.9 Å². The molecule has 2 aliphatic rings. The van der Waals surface area contributed by atoms with E-state index in [1.807, 2.05) is 0 Å². The Kier molecular flexibility index (Phi) is 9.37. The molecule has 0 unspecified atom stereocenters. The molecular weight excluding hydrogens is 553 g/mol. The van der Waals surface area contributed by atoms with Gasteiger partial charge in [0.15, 0.2) is 0 Å². The predicted molar refractivity (Wildman–Crippen MR) is 145 cm³/mol. The van der Waals surface area contributed by atoms with Crippen LogP contribution in [0, 0.1) is 5.41 Å². The normalized spacial score (nSPS) is 17.5. The number of amides is 2. The van der Waals surface area contributed by atoms with E-state index in [4.69, 9.17) is 21.7 Å². The Bertz CT molecular complexity index is 1300. The van der Waals surface area contributed by atoms with E-state index in [1.165, 1.54) is 17.0 Å². The van der Waals surface area contributed by atoms with Crippen molar-refractivity contribution in [3.05, 3.63) is 68.6 Å². The first-order valence-electron chi connectivity index (χ1n) is 12.6. The first kappa shape index (κ1) is 29.1. The molecule has 12 heteroatoms. The number of thioether (sulfide) groups is 1. The number of rotatable bonds is 9. The Morgan fingerprint density at radius 2 is 1.90 bits per heavy atom. The van der Waals surface area contributed by atoms with Crippen LogP contribution in [0.2, 0.25) is 5.02 Å². The Morgan fingerprint density at radius 1 is 1.15 bits per heavy atom. The number of carbonyl (C=O) groups is 2. The highest BCUT2D eigenvalue weighted by Gasteiger charge is 2.36. The Hall–Kier alpha value is -2.86. The third-order valence-electron chi connectivity index (χ3n) is 6.54. The van der Waals surface area contributed by atoms with Gasteiger partial charge < -0.3 is 15.0 Å². The van der Waals surface area contributed by atoms with Crippen molar-refractivity contribution in [1.82, 2.24) is 9.80 Å². The molecule has 7 nitrogen and oxygen atoms in total. The number of nitrogens with zero attached hydrogens (tertiary/aromatic N) is 2. The molecule has 2 amide bonds. The van der Waals surface area contributed by atoms with Crippen molar-refractivity contribution < 1.29 is 32.8 Å². The fraction of sp³-hybridized carbons (Fsp3) is 0.370. The van der Waals surface area contributed by atoms with Crippen molar-refractivity contribution in [3.63, 3.8) is 0 Å². The van der Waals surface area contributed by atoms with E-state index >= 15 is 0 Å². The lowest BCUT2D eigenvalue weighted by Gasteiger charge is -2.18. The quantitative estimate of drug-likeness (QED) is 0.183. The number of carbonyl (C=O) groups excluding carboxylic acids is 2. The number of halogens is 4. The average molecular weight is 582 g/mol. The van der Waals surface area contributed by atoms with E-state index in [1.54, 1.807) is 36.5 Å². The highest BCUT2D eigenvalue weighted by molar-refractivity contribution is 8.18. The number of alkyl halides is 3. The molecule has 0 atom stereocenters. The summed E-state index contributed by atoms with van der Waals surface area (Å²) in [4.78, 5) is 29.2. The van der Waals surface area contributed by atoms with E-state index in [2.05, 4.69) is 4.90 Å². The van der Waals surface area contributed by atoms with E-state index in [0.717, 1.165) is 43.8 Å². The number of ether oxygens (including phenoxy) is 1. The molecule has 0 saturated carbocycles. The smallest absolute Gasteiger partial charge is 0.416 e. The fourth-order valence-electron chi connectivity index (χ4n) is 4.56. The Labute approximate surface area is 233 Å². The minimum absolute atomic E-state index is 0.00491. The van der Waals surface area contributed by atoms with Gasteiger partial charge in [0.1, 0.15) is 12.2 Å². The van der Waals surface area contributed by atoms with Crippen molar-refractivity contribution >= 4 is 52.2 Å². The van der Waals surface area contributed by atoms with Gasteiger partial charge in [-0.25, -0.2) is 0 Å². The summed E-state index contributed by atoms with van der Waals surface area (Å²) in [6.07, 6.45) is -0.723. The summed E-state index contributed by atoms with van der Waals surface area (Å²) in [6, 6.07) is 8.63. The molecule has 0 aliphatic carbocycles. The lowest BCUT2D eigenvalue weighted by atomic mass is 10.0. The number of quaternary nitrogens is 1.